The molecule has 0 amide bonds. The summed E-state index contributed by atoms with van der Waals surface area (Å²) < 4.78 is 5.10. The molecule has 1 atom stereocenters. The Labute approximate surface area is 113 Å². The van der Waals surface area contributed by atoms with E-state index in [1.807, 2.05) is 6.20 Å². The Balaban J connectivity index is 0.00000144. The molecule has 1 fully saturated rings. The van der Waals surface area contributed by atoms with Gasteiger partial charge in [-0.2, -0.15) is 0 Å². The van der Waals surface area contributed by atoms with Crippen LogP contribution in [-0.4, -0.2) is 42.7 Å². The highest BCUT2D eigenvalue weighted by atomic mass is 35.5. The largest absolute Gasteiger partial charge is 0.379 e. The fourth-order valence-electron chi connectivity index (χ4n) is 1.98. The first-order chi connectivity index (χ1) is 7.78. The van der Waals surface area contributed by atoms with Gasteiger partial charge in [0, 0.05) is 39.0 Å². The van der Waals surface area contributed by atoms with Gasteiger partial charge in [-0.05, 0) is 6.92 Å². The summed E-state index contributed by atoms with van der Waals surface area (Å²) in [7, 11) is 1.72. The lowest BCUT2D eigenvalue weighted by atomic mass is 10.2. The van der Waals surface area contributed by atoms with Crippen LogP contribution in [0.1, 0.15) is 16.8 Å². The number of nitrogens with one attached hydrogen (secondary N) is 1. The van der Waals surface area contributed by atoms with E-state index in [0.29, 0.717) is 12.6 Å². The lowest BCUT2D eigenvalue weighted by Crippen LogP contribution is -2.48. The predicted octanol–water partition coefficient (Wildman–Crippen LogP) is 1.50. The highest BCUT2D eigenvalue weighted by Crippen LogP contribution is 2.16. The number of thiazole rings is 1. The van der Waals surface area contributed by atoms with E-state index in [2.05, 4.69) is 22.1 Å². The van der Waals surface area contributed by atoms with Gasteiger partial charge in [0.15, 0.2) is 0 Å². The molecule has 0 radical (unpaired) electrons. The minimum atomic E-state index is 0. The van der Waals surface area contributed by atoms with Crippen LogP contribution >= 0.6 is 23.7 Å². The summed E-state index contributed by atoms with van der Waals surface area (Å²) in [6.07, 6.45) is 1.93. The smallest absolute Gasteiger partial charge is 0.107 e. The van der Waals surface area contributed by atoms with Gasteiger partial charge in [0.05, 0.1) is 18.0 Å². The summed E-state index contributed by atoms with van der Waals surface area (Å²) in [6.45, 7) is 7.18. The molecule has 2 heterocycles. The average molecular weight is 278 g/mol. The second-order valence-corrected chi connectivity index (χ2v) is 5.44. The molecule has 0 aromatic carbocycles. The number of rotatable bonds is 4. The number of nitrogens with zero attached hydrogens (tertiary/aromatic N) is 2. The Kier molecular flexibility index (Phi) is 6.37. The third kappa shape index (κ3) is 4.52. The summed E-state index contributed by atoms with van der Waals surface area (Å²) in [5.41, 5.74) is 0. The summed E-state index contributed by atoms with van der Waals surface area (Å²) in [6, 6.07) is 0.590. The molecule has 4 nitrogen and oxygen atoms in total. The highest BCUT2D eigenvalue weighted by molar-refractivity contribution is 7.11. The number of hydrogen-bond acceptors (Lipinski definition) is 5. The van der Waals surface area contributed by atoms with Crippen LogP contribution in [0.4, 0.5) is 0 Å². The van der Waals surface area contributed by atoms with E-state index in [1.54, 1.807) is 18.4 Å². The molecule has 1 aliphatic heterocycles. The van der Waals surface area contributed by atoms with Crippen LogP contribution in [0, 0.1) is 0 Å². The number of aromatic nitrogens is 1. The zero-order valence-electron chi connectivity index (χ0n) is 10.3. The van der Waals surface area contributed by atoms with Gasteiger partial charge >= 0.3 is 0 Å². The van der Waals surface area contributed by atoms with Crippen LogP contribution in [-0.2, 0) is 17.9 Å². The van der Waals surface area contributed by atoms with Crippen LogP contribution in [0.15, 0.2) is 6.20 Å². The molecule has 1 aromatic heterocycles. The molecule has 1 N–H and O–H groups in total. The molecule has 1 aromatic rings. The topological polar surface area (TPSA) is 37.4 Å². The maximum atomic E-state index is 5.10. The van der Waals surface area contributed by atoms with Gasteiger partial charge < -0.3 is 10.1 Å². The molecule has 1 saturated heterocycles. The summed E-state index contributed by atoms with van der Waals surface area (Å²) >= 11 is 1.75. The lowest BCUT2D eigenvalue weighted by molar-refractivity contribution is 0.187. The molecule has 0 aliphatic carbocycles. The SMILES string of the molecule is COCc1cnc(CN2CCN[C@@H](C)C2)s1.Cl. The van der Waals surface area contributed by atoms with E-state index in [-0.39, 0.29) is 12.4 Å². The first kappa shape index (κ1) is 14.9. The Hall–Kier alpha value is -0.200. The third-order valence-corrected chi connectivity index (χ3v) is 3.66. The fourth-order valence-corrected chi connectivity index (χ4v) is 2.91. The highest BCUT2D eigenvalue weighted by Gasteiger charge is 2.16. The molecule has 6 heteroatoms. The maximum absolute atomic E-state index is 5.10. The van der Waals surface area contributed by atoms with Gasteiger partial charge in [-0.15, -0.1) is 23.7 Å². The zero-order valence-corrected chi connectivity index (χ0v) is 11.9. The van der Waals surface area contributed by atoms with Crippen molar-refractivity contribution in [1.82, 2.24) is 15.2 Å². The summed E-state index contributed by atoms with van der Waals surface area (Å²) in [5, 5.41) is 4.64. The molecule has 98 valence electrons. The molecule has 1 aliphatic rings. The Morgan fingerprint density at radius 2 is 2.47 bits per heavy atom. The first-order valence-corrected chi connectivity index (χ1v) is 6.48. The van der Waals surface area contributed by atoms with Crippen molar-refractivity contribution in [2.24, 2.45) is 0 Å². The fraction of sp³-hybridized carbons (Fsp3) is 0.727. The van der Waals surface area contributed by atoms with Crippen LogP contribution in [0.25, 0.3) is 0 Å². The molecular weight excluding hydrogens is 258 g/mol. The van der Waals surface area contributed by atoms with E-state index in [1.165, 1.54) is 9.88 Å². The average Bonchev–Trinajstić information content (AvgIpc) is 2.66. The number of halogens is 1. The van der Waals surface area contributed by atoms with Crippen LogP contribution in [0.2, 0.25) is 0 Å². The van der Waals surface area contributed by atoms with Crippen molar-refractivity contribution in [2.45, 2.75) is 26.1 Å². The van der Waals surface area contributed by atoms with E-state index in [4.69, 9.17) is 4.74 Å². The second kappa shape index (κ2) is 7.28. The minimum absolute atomic E-state index is 0. The van der Waals surface area contributed by atoms with Gasteiger partial charge in [0.25, 0.3) is 0 Å². The molecule has 0 spiro atoms. The van der Waals surface area contributed by atoms with E-state index >= 15 is 0 Å². The van der Waals surface area contributed by atoms with Crippen molar-refractivity contribution < 1.29 is 4.74 Å². The van der Waals surface area contributed by atoms with Crippen molar-refractivity contribution in [2.75, 3.05) is 26.7 Å². The number of piperazine rings is 1. The third-order valence-electron chi connectivity index (χ3n) is 2.70. The maximum Gasteiger partial charge on any atom is 0.107 e. The normalized spacial score (nSPS) is 21.2. The molecule has 0 unspecified atom stereocenters. The Morgan fingerprint density at radius 1 is 1.65 bits per heavy atom. The molecule has 2 rings (SSSR count). The van der Waals surface area contributed by atoms with Crippen molar-refractivity contribution in [3.63, 3.8) is 0 Å². The van der Waals surface area contributed by atoms with Gasteiger partial charge in [0.1, 0.15) is 5.01 Å². The van der Waals surface area contributed by atoms with Gasteiger partial charge in [-0.25, -0.2) is 4.98 Å². The van der Waals surface area contributed by atoms with E-state index in [0.717, 1.165) is 26.2 Å². The molecule has 0 bridgehead atoms. The van der Waals surface area contributed by atoms with E-state index < -0.39 is 0 Å². The Morgan fingerprint density at radius 3 is 3.18 bits per heavy atom. The van der Waals surface area contributed by atoms with Crippen molar-refractivity contribution >= 4 is 23.7 Å². The number of methoxy groups -OCH3 is 1. The molecule has 17 heavy (non-hydrogen) atoms. The van der Waals surface area contributed by atoms with Crippen LogP contribution in [0.3, 0.4) is 0 Å². The monoisotopic (exact) mass is 277 g/mol. The standard InChI is InChI=1S/C11H19N3OS.ClH/c1-9-6-14(4-3-12-9)7-11-13-5-10(16-11)8-15-2;/h5,9,12H,3-4,6-8H2,1-2H3;1H/t9-;/m0./s1. The lowest BCUT2D eigenvalue weighted by Gasteiger charge is -2.31. The van der Waals surface area contributed by atoms with Crippen LogP contribution < -0.4 is 5.32 Å². The molecule has 0 saturated carbocycles. The quantitative estimate of drug-likeness (QED) is 0.905. The van der Waals surface area contributed by atoms with Crippen LogP contribution in [0.5, 0.6) is 0 Å². The van der Waals surface area contributed by atoms with E-state index in [9.17, 15) is 0 Å². The first-order valence-electron chi connectivity index (χ1n) is 5.66. The molecular formula is C11H20ClN3OS. The number of hydrogen-bond donors (Lipinski definition) is 1. The zero-order chi connectivity index (χ0) is 11.4. The van der Waals surface area contributed by atoms with Gasteiger partial charge in [-0.1, -0.05) is 0 Å². The van der Waals surface area contributed by atoms with Crippen molar-refractivity contribution in [3.8, 4) is 0 Å². The number of ether oxygens (including phenoxy) is 1. The van der Waals surface area contributed by atoms with Crippen molar-refractivity contribution in [1.29, 1.82) is 0 Å². The van der Waals surface area contributed by atoms with Gasteiger partial charge in [0.2, 0.25) is 0 Å². The minimum Gasteiger partial charge on any atom is -0.379 e. The van der Waals surface area contributed by atoms with Gasteiger partial charge in [-0.3, -0.25) is 4.90 Å². The Bertz CT molecular complexity index is 334. The predicted molar refractivity (Wildman–Crippen MR) is 72.8 cm³/mol. The summed E-state index contributed by atoms with van der Waals surface area (Å²) in [4.78, 5) is 8.09. The summed E-state index contributed by atoms with van der Waals surface area (Å²) in [5.74, 6) is 0. The van der Waals surface area contributed by atoms with Crippen molar-refractivity contribution in [3.05, 3.63) is 16.1 Å². The second-order valence-electron chi connectivity index (χ2n) is 4.24.